The van der Waals surface area contributed by atoms with E-state index in [2.05, 4.69) is 37.5 Å². The Hall–Kier alpha value is -1.02. The number of morpholine rings is 1. The second kappa shape index (κ2) is 6.46. The van der Waals surface area contributed by atoms with Gasteiger partial charge in [0.15, 0.2) is 0 Å². The molecule has 1 aliphatic heterocycles. The molecule has 1 saturated heterocycles. The Labute approximate surface area is 92.9 Å². The van der Waals surface area contributed by atoms with E-state index in [1.807, 2.05) is 6.08 Å². The maximum Gasteiger partial charge on any atom is 0.0642 e. The number of hydrogen-bond donors (Lipinski definition) is 0. The van der Waals surface area contributed by atoms with Crippen molar-refractivity contribution >= 4 is 0 Å². The van der Waals surface area contributed by atoms with E-state index in [0.717, 1.165) is 32.7 Å². The second-order valence-electron chi connectivity index (χ2n) is 3.73. The molecule has 0 bridgehead atoms. The van der Waals surface area contributed by atoms with Crippen LogP contribution in [0, 0.1) is 0 Å². The molecule has 0 saturated carbocycles. The molecule has 0 N–H and O–H groups in total. The average Bonchev–Trinajstić information content (AvgIpc) is 2.29. The quantitative estimate of drug-likeness (QED) is 0.657. The summed E-state index contributed by atoms with van der Waals surface area (Å²) in [6, 6.07) is 0. The lowest BCUT2D eigenvalue weighted by molar-refractivity contribution is 0.0552. The highest BCUT2D eigenvalue weighted by Crippen LogP contribution is 2.12. The average molecular weight is 207 g/mol. The maximum absolute atomic E-state index is 5.35. The fourth-order valence-electron chi connectivity index (χ4n) is 1.60. The van der Waals surface area contributed by atoms with E-state index < -0.39 is 0 Å². The van der Waals surface area contributed by atoms with Crippen LogP contribution in [-0.4, -0.2) is 31.2 Å². The summed E-state index contributed by atoms with van der Waals surface area (Å²) in [6.45, 7) is 11.7. The van der Waals surface area contributed by atoms with Crippen molar-refractivity contribution in [3.63, 3.8) is 0 Å². The van der Waals surface area contributed by atoms with Gasteiger partial charge >= 0.3 is 0 Å². The molecule has 0 aliphatic carbocycles. The Morgan fingerprint density at radius 1 is 1.40 bits per heavy atom. The minimum atomic E-state index is 0.835. The molecule has 0 unspecified atom stereocenters. The van der Waals surface area contributed by atoms with Crippen molar-refractivity contribution in [2.45, 2.75) is 20.3 Å². The molecule has 15 heavy (non-hydrogen) atoms. The lowest BCUT2D eigenvalue weighted by atomic mass is 10.2. The summed E-state index contributed by atoms with van der Waals surface area (Å²) < 4.78 is 5.35. The van der Waals surface area contributed by atoms with Crippen LogP contribution in [0.1, 0.15) is 20.3 Å². The Morgan fingerprint density at radius 2 is 2.07 bits per heavy atom. The standard InChI is InChI=1S/C13H21NO/c1-4-6-13(11-12(3)5-2)14-7-9-15-10-8-14/h5-6,11H,2,4,7-10H2,1,3H3/b12-11-,13-6+. The van der Waals surface area contributed by atoms with E-state index >= 15 is 0 Å². The normalized spacial score (nSPS) is 19.2. The summed E-state index contributed by atoms with van der Waals surface area (Å²) in [5.74, 6) is 0. The number of allylic oxidation sites excluding steroid dienone is 4. The predicted molar refractivity (Wildman–Crippen MR) is 64.7 cm³/mol. The van der Waals surface area contributed by atoms with Gasteiger partial charge in [-0.3, -0.25) is 0 Å². The van der Waals surface area contributed by atoms with Gasteiger partial charge in [0.05, 0.1) is 13.2 Å². The van der Waals surface area contributed by atoms with Gasteiger partial charge in [0.2, 0.25) is 0 Å². The predicted octanol–water partition coefficient (Wildman–Crippen LogP) is 2.74. The summed E-state index contributed by atoms with van der Waals surface area (Å²) in [4.78, 5) is 2.38. The van der Waals surface area contributed by atoms with Crippen molar-refractivity contribution in [1.29, 1.82) is 0 Å². The SMILES string of the molecule is C=C/C(C)=C\C(=C/CC)N1CCOCC1. The Kier molecular flexibility index (Phi) is 5.19. The Morgan fingerprint density at radius 3 is 2.60 bits per heavy atom. The Bertz CT molecular complexity index is 260. The zero-order valence-electron chi connectivity index (χ0n) is 9.83. The van der Waals surface area contributed by atoms with Crippen LogP contribution in [0.2, 0.25) is 0 Å². The van der Waals surface area contributed by atoms with Crippen molar-refractivity contribution in [1.82, 2.24) is 4.90 Å². The highest BCUT2D eigenvalue weighted by molar-refractivity contribution is 5.27. The van der Waals surface area contributed by atoms with Crippen LogP contribution in [0.15, 0.2) is 36.1 Å². The van der Waals surface area contributed by atoms with Crippen LogP contribution in [-0.2, 0) is 4.74 Å². The first-order chi connectivity index (χ1) is 7.27. The molecule has 1 rings (SSSR count). The van der Waals surface area contributed by atoms with Crippen LogP contribution in [0.3, 0.4) is 0 Å². The van der Waals surface area contributed by atoms with Crippen LogP contribution >= 0.6 is 0 Å². The van der Waals surface area contributed by atoms with Crippen molar-refractivity contribution in [2.75, 3.05) is 26.3 Å². The largest absolute Gasteiger partial charge is 0.378 e. The zero-order chi connectivity index (χ0) is 11.1. The zero-order valence-corrected chi connectivity index (χ0v) is 9.83. The van der Waals surface area contributed by atoms with E-state index in [1.54, 1.807) is 0 Å². The molecule has 0 amide bonds. The fraction of sp³-hybridized carbons (Fsp3) is 0.538. The van der Waals surface area contributed by atoms with Gasteiger partial charge in [-0.15, -0.1) is 0 Å². The molecule has 0 aromatic heterocycles. The smallest absolute Gasteiger partial charge is 0.0642 e. The van der Waals surface area contributed by atoms with E-state index in [0.29, 0.717) is 0 Å². The van der Waals surface area contributed by atoms with E-state index in [-0.39, 0.29) is 0 Å². The van der Waals surface area contributed by atoms with Gasteiger partial charge in [0, 0.05) is 18.8 Å². The highest BCUT2D eigenvalue weighted by Gasteiger charge is 2.11. The van der Waals surface area contributed by atoms with E-state index in [9.17, 15) is 0 Å². The van der Waals surface area contributed by atoms with Gasteiger partial charge in [-0.2, -0.15) is 0 Å². The highest BCUT2D eigenvalue weighted by atomic mass is 16.5. The topological polar surface area (TPSA) is 12.5 Å². The molecule has 1 heterocycles. The number of ether oxygens (including phenoxy) is 1. The van der Waals surface area contributed by atoms with Gasteiger partial charge in [-0.1, -0.05) is 25.7 Å². The van der Waals surface area contributed by atoms with Crippen molar-refractivity contribution in [2.24, 2.45) is 0 Å². The molecule has 0 atom stereocenters. The van der Waals surface area contributed by atoms with E-state index in [1.165, 1.54) is 11.3 Å². The molecule has 84 valence electrons. The molecule has 2 nitrogen and oxygen atoms in total. The van der Waals surface area contributed by atoms with Crippen LogP contribution < -0.4 is 0 Å². The first kappa shape index (κ1) is 12.1. The van der Waals surface area contributed by atoms with Crippen LogP contribution in [0.25, 0.3) is 0 Å². The third-order valence-electron chi connectivity index (χ3n) is 2.49. The third-order valence-corrected chi connectivity index (χ3v) is 2.49. The summed E-state index contributed by atoms with van der Waals surface area (Å²) in [5, 5.41) is 0. The monoisotopic (exact) mass is 207 g/mol. The van der Waals surface area contributed by atoms with Gasteiger partial charge in [0.1, 0.15) is 0 Å². The molecular weight excluding hydrogens is 186 g/mol. The fourth-order valence-corrected chi connectivity index (χ4v) is 1.60. The van der Waals surface area contributed by atoms with Gasteiger partial charge < -0.3 is 9.64 Å². The lowest BCUT2D eigenvalue weighted by Crippen LogP contribution is -2.35. The lowest BCUT2D eigenvalue weighted by Gasteiger charge is -2.30. The summed E-state index contributed by atoms with van der Waals surface area (Å²) in [6.07, 6.45) is 7.41. The molecule has 0 spiro atoms. The van der Waals surface area contributed by atoms with E-state index in [4.69, 9.17) is 4.74 Å². The number of nitrogens with zero attached hydrogens (tertiary/aromatic N) is 1. The Balaban J connectivity index is 2.72. The van der Waals surface area contributed by atoms with Gasteiger partial charge in [-0.05, 0) is 25.0 Å². The van der Waals surface area contributed by atoms with Crippen molar-refractivity contribution < 1.29 is 4.74 Å². The second-order valence-corrected chi connectivity index (χ2v) is 3.73. The molecule has 0 radical (unpaired) electrons. The minimum absolute atomic E-state index is 0.835. The number of hydrogen-bond acceptors (Lipinski definition) is 2. The first-order valence-electron chi connectivity index (χ1n) is 5.61. The summed E-state index contributed by atoms with van der Waals surface area (Å²) >= 11 is 0. The maximum atomic E-state index is 5.35. The number of rotatable bonds is 4. The molecular formula is C13H21NO. The van der Waals surface area contributed by atoms with Crippen LogP contribution in [0.5, 0.6) is 0 Å². The molecule has 1 fully saturated rings. The summed E-state index contributed by atoms with van der Waals surface area (Å²) in [7, 11) is 0. The third kappa shape index (κ3) is 3.92. The first-order valence-corrected chi connectivity index (χ1v) is 5.61. The van der Waals surface area contributed by atoms with Crippen molar-refractivity contribution in [3.8, 4) is 0 Å². The minimum Gasteiger partial charge on any atom is -0.378 e. The molecule has 2 heteroatoms. The molecule has 0 aromatic carbocycles. The van der Waals surface area contributed by atoms with Crippen LogP contribution in [0.4, 0.5) is 0 Å². The van der Waals surface area contributed by atoms with Gasteiger partial charge in [0.25, 0.3) is 0 Å². The molecule has 1 aliphatic rings. The molecule has 0 aromatic rings. The van der Waals surface area contributed by atoms with Crippen molar-refractivity contribution in [3.05, 3.63) is 36.1 Å². The summed E-state index contributed by atoms with van der Waals surface area (Å²) in [5.41, 5.74) is 2.51. The van der Waals surface area contributed by atoms with Gasteiger partial charge in [-0.25, -0.2) is 0 Å².